The van der Waals surface area contributed by atoms with Gasteiger partial charge in [-0.25, -0.2) is 4.79 Å². The Balaban J connectivity index is 1.46. The van der Waals surface area contributed by atoms with Gasteiger partial charge in [0, 0.05) is 31.1 Å². The van der Waals surface area contributed by atoms with Gasteiger partial charge < -0.3 is 20.5 Å². The molecule has 7 heteroatoms. The maximum atomic E-state index is 12.7. The Morgan fingerprint density at radius 3 is 2.71 bits per heavy atom. The summed E-state index contributed by atoms with van der Waals surface area (Å²) in [6.07, 6.45) is 4.96. The Morgan fingerprint density at radius 1 is 1.16 bits per heavy atom. The van der Waals surface area contributed by atoms with Crippen molar-refractivity contribution in [3.05, 3.63) is 53.6 Å². The zero-order valence-electron chi connectivity index (χ0n) is 17.8. The highest BCUT2D eigenvalue weighted by atomic mass is 16.5. The topological polar surface area (TPSA) is 93.9 Å². The van der Waals surface area contributed by atoms with Crippen LogP contribution in [0.3, 0.4) is 0 Å². The number of imide groups is 1. The van der Waals surface area contributed by atoms with E-state index in [1.54, 1.807) is 13.2 Å². The molecule has 3 amide bonds. The van der Waals surface area contributed by atoms with Crippen LogP contribution in [0.4, 0.5) is 10.5 Å². The predicted octanol–water partition coefficient (Wildman–Crippen LogP) is 4.02. The van der Waals surface area contributed by atoms with Crippen LogP contribution in [0.25, 0.3) is 0 Å². The minimum absolute atomic E-state index is 0.0783. The van der Waals surface area contributed by atoms with Crippen LogP contribution >= 0.6 is 0 Å². The molecule has 2 aromatic rings. The molecule has 7 nitrogen and oxygen atoms in total. The van der Waals surface area contributed by atoms with Crippen LogP contribution in [0, 0.1) is 0 Å². The molecule has 0 spiro atoms. The van der Waals surface area contributed by atoms with E-state index in [1.807, 2.05) is 36.4 Å². The van der Waals surface area contributed by atoms with E-state index in [2.05, 4.69) is 5.32 Å². The zero-order valence-corrected chi connectivity index (χ0v) is 17.8. The van der Waals surface area contributed by atoms with Gasteiger partial charge in [0.15, 0.2) is 11.5 Å². The average molecular weight is 424 g/mol. The maximum absolute atomic E-state index is 12.7. The monoisotopic (exact) mass is 423 g/mol. The van der Waals surface area contributed by atoms with Crippen molar-refractivity contribution in [3.63, 3.8) is 0 Å². The number of nitrogens with two attached hydrogens (primary N) is 1. The van der Waals surface area contributed by atoms with Crippen molar-refractivity contribution in [3.8, 4) is 11.5 Å². The van der Waals surface area contributed by atoms with Crippen LogP contribution in [0.1, 0.15) is 49.1 Å². The van der Waals surface area contributed by atoms with E-state index in [1.165, 1.54) is 17.7 Å². The average Bonchev–Trinajstić information content (AvgIpc) is 3.43. The lowest BCUT2D eigenvalue weighted by molar-refractivity contribution is -0.125. The van der Waals surface area contributed by atoms with Gasteiger partial charge in [0.05, 0.1) is 13.2 Å². The van der Waals surface area contributed by atoms with E-state index >= 15 is 0 Å². The van der Waals surface area contributed by atoms with Crippen molar-refractivity contribution >= 4 is 17.6 Å². The van der Waals surface area contributed by atoms with Crippen LogP contribution in [0.15, 0.2) is 42.5 Å². The van der Waals surface area contributed by atoms with Crippen molar-refractivity contribution in [2.75, 3.05) is 19.0 Å². The fourth-order valence-corrected chi connectivity index (χ4v) is 4.32. The Bertz CT molecular complexity index is 956. The molecule has 2 aliphatic rings. The second kappa shape index (κ2) is 9.39. The summed E-state index contributed by atoms with van der Waals surface area (Å²) in [4.78, 5) is 26.6. The fraction of sp³-hybridized carbons (Fsp3) is 0.417. The lowest BCUT2D eigenvalue weighted by Gasteiger charge is -2.19. The normalized spacial score (nSPS) is 19.0. The molecule has 1 saturated heterocycles. The largest absolute Gasteiger partial charge is 0.493 e. The molecule has 1 saturated carbocycles. The molecular weight excluding hydrogens is 394 g/mol. The van der Waals surface area contributed by atoms with Gasteiger partial charge >= 0.3 is 6.03 Å². The fourth-order valence-electron chi connectivity index (χ4n) is 4.32. The third kappa shape index (κ3) is 4.82. The van der Waals surface area contributed by atoms with Crippen molar-refractivity contribution in [2.45, 2.75) is 50.7 Å². The number of benzene rings is 2. The Labute approximate surface area is 182 Å². The number of hydrogen-bond acceptors (Lipinski definition) is 5. The summed E-state index contributed by atoms with van der Waals surface area (Å²) in [5, 5.41) is 2.80. The summed E-state index contributed by atoms with van der Waals surface area (Å²) in [5.41, 5.74) is 8.18. The first-order valence-electron chi connectivity index (χ1n) is 10.8. The van der Waals surface area contributed by atoms with E-state index in [0.29, 0.717) is 30.3 Å². The molecule has 0 aromatic heterocycles. The highest BCUT2D eigenvalue weighted by molar-refractivity contribution is 6.02. The quantitative estimate of drug-likeness (QED) is 0.732. The van der Waals surface area contributed by atoms with E-state index in [9.17, 15) is 9.59 Å². The number of nitrogens with one attached hydrogen (secondary N) is 1. The van der Waals surface area contributed by atoms with Gasteiger partial charge in [-0.2, -0.15) is 0 Å². The van der Waals surface area contributed by atoms with Crippen molar-refractivity contribution < 1.29 is 19.1 Å². The van der Waals surface area contributed by atoms with Gasteiger partial charge in [-0.1, -0.05) is 18.2 Å². The SMILES string of the molecule is COc1ccc(C2CC(=O)N(C(=O)Nc3cccc(CN)c3)C2)cc1OC1CCCC1. The summed E-state index contributed by atoms with van der Waals surface area (Å²) in [7, 11) is 1.63. The number of methoxy groups -OCH3 is 1. The molecule has 2 fully saturated rings. The van der Waals surface area contributed by atoms with Crippen molar-refractivity contribution in [1.82, 2.24) is 4.90 Å². The van der Waals surface area contributed by atoms with Crippen LogP contribution in [-0.2, 0) is 11.3 Å². The molecule has 0 bridgehead atoms. The number of carbonyl (C=O) groups excluding carboxylic acids is 2. The smallest absolute Gasteiger partial charge is 0.328 e. The number of urea groups is 1. The molecule has 31 heavy (non-hydrogen) atoms. The summed E-state index contributed by atoms with van der Waals surface area (Å²) < 4.78 is 11.7. The lowest BCUT2D eigenvalue weighted by Crippen LogP contribution is -2.36. The highest BCUT2D eigenvalue weighted by Gasteiger charge is 2.35. The van der Waals surface area contributed by atoms with E-state index in [4.69, 9.17) is 15.2 Å². The molecule has 4 rings (SSSR count). The molecule has 164 valence electrons. The molecule has 1 heterocycles. The van der Waals surface area contributed by atoms with Gasteiger partial charge in [-0.3, -0.25) is 9.69 Å². The minimum atomic E-state index is -0.419. The highest BCUT2D eigenvalue weighted by Crippen LogP contribution is 2.37. The number of nitrogens with zero attached hydrogens (tertiary/aromatic N) is 1. The number of rotatable bonds is 6. The molecule has 1 aliphatic carbocycles. The maximum Gasteiger partial charge on any atom is 0.328 e. The molecule has 1 atom stereocenters. The minimum Gasteiger partial charge on any atom is -0.493 e. The molecule has 1 unspecified atom stereocenters. The number of ether oxygens (including phenoxy) is 2. The van der Waals surface area contributed by atoms with Crippen molar-refractivity contribution in [2.24, 2.45) is 5.73 Å². The Morgan fingerprint density at radius 2 is 1.97 bits per heavy atom. The second-order valence-corrected chi connectivity index (χ2v) is 8.17. The third-order valence-corrected chi connectivity index (χ3v) is 6.04. The summed E-state index contributed by atoms with van der Waals surface area (Å²) in [6.45, 7) is 0.716. The standard InChI is InChI=1S/C24H29N3O4/c1-30-21-10-9-17(12-22(21)31-20-7-2-3-8-20)18-13-23(28)27(15-18)24(29)26-19-6-4-5-16(11-19)14-25/h4-6,9-12,18,20H,2-3,7-8,13-15,25H2,1H3,(H,26,29). The molecule has 2 aromatic carbocycles. The van der Waals surface area contributed by atoms with Gasteiger partial charge in [-0.15, -0.1) is 0 Å². The first kappa shape index (κ1) is 21.2. The summed E-state index contributed by atoms with van der Waals surface area (Å²) in [6, 6.07) is 12.7. The first-order valence-corrected chi connectivity index (χ1v) is 10.8. The number of anilines is 1. The van der Waals surface area contributed by atoms with Crippen LogP contribution in [-0.4, -0.2) is 36.6 Å². The van der Waals surface area contributed by atoms with Gasteiger partial charge in [0.25, 0.3) is 0 Å². The van der Waals surface area contributed by atoms with Crippen LogP contribution in [0.2, 0.25) is 0 Å². The van der Waals surface area contributed by atoms with E-state index in [0.717, 1.165) is 24.0 Å². The van der Waals surface area contributed by atoms with Crippen LogP contribution < -0.4 is 20.5 Å². The van der Waals surface area contributed by atoms with Crippen molar-refractivity contribution in [1.29, 1.82) is 0 Å². The first-order chi connectivity index (χ1) is 15.1. The Kier molecular flexibility index (Phi) is 6.42. The predicted molar refractivity (Wildman–Crippen MR) is 118 cm³/mol. The van der Waals surface area contributed by atoms with E-state index in [-0.39, 0.29) is 24.3 Å². The summed E-state index contributed by atoms with van der Waals surface area (Å²) >= 11 is 0. The van der Waals surface area contributed by atoms with Crippen LogP contribution in [0.5, 0.6) is 11.5 Å². The number of amides is 3. The van der Waals surface area contributed by atoms with Gasteiger partial charge in [-0.05, 0) is 61.1 Å². The van der Waals surface area contributed by atoms with E-state index < -0.39 is 6.03 Å². The molecule has 1 aliphatic heterocycles. The number of likely N-dealkylation sites (tertiary alicyclic amines) is 1. The van der Waals surface area contributed by atoms with Gasteiger partial charge in [0.2, 0.25) is 5.91 Å². The Hall–Kier alpha value is -3.06. The summed E-state index contributed by atoms with van der Waals surface area (Å²) in [5.74, 6) is 1.13. The lowest BCUT2D eigenvalue weighted by atomic mass is 9.98. The number of carbonyl (C=O) groups is 2. The molecule has 0 radical (unpaired) electrons. The second-order valence-electron chi connectivity index (χ2n) is 8.17. The zero-order chi connectivity index (χ0) is 21.8. The molecular formula is C24H29N3O4. The third-order valence-electron chi connectivity index (χ3n) is 6.04. The van der Waals surface area contributed by atoms with Gasteiger partial charge in [0.1, 0.15) is 0 Å². The number of hydrogen-bond donors (Lipinski definition) is 2. The molecule has 3 N–H and O–H groups in total.